The number of benzene rings is 3. The Morgan fingerprint density at radius 3 is 2.73 bits per heavy atom. The monoisotopic (exact) mass is 551 g/mol. The molecular weight excluding hydrogens is 526 g/mol. The molecule has 0 aliphatic heterocycles. The summed E-state index contributed by atoms with van der Waals surface area (Å²) in [5, 5.41) is 14.9. The molecule has 3 N–H and O–H groups in total. The quantitative estimate of drug-likeness (QED) is 0.239. The third-order valence-electron chi connectivity index (χ3n) is 6.40. The highest BCUT2D eigenvalue weighted by molar-refractivity contribution is 5.78. The second-order valence-electron chi connectivity index (χ2n) is 9.15. The van der Waals surface area contributed by atoms with Gasteiger partial charge in [0.05, 0.1) is 24.2 Å². The summed E-state index contributed by atoms with van der Waals surface area (Å²) < 4.78 is 23.9. The van der Waals surface area contributed by atoms with Crippen LogP contribution < -0.4 is 15.2 Å². The van der Waals surface area contributed by atoms with E-state index in [1.54, 1.807) is 19.2 Å². The van der Waals surface area contributed by atoms with Crippen LogP contribution in [-0.2, 0) is 16.1 Å². The van der Waals surface area contributed by atoms with Crippen LogP contribution in [0.15, 0.2) is 77.2 Å². The van der Waals surface area contributed by atoms with Gasteiger partial charge in [0, 0.05) is 18.1 Å². The highest BCUT2D eigenvalue weighted by atomic mass is 16.5. The van der Waals surface area contributed by atoms with E-state index in [1.807, 2.05) is 60.7 Å². The average molecular weight is 552 g/mol. The minimum Gasteiger partial charge on any atom is -0.493 e. The SMILES string of the molecule is COC(c1ccc2nc(-c3nn[nH]n3)oc2c1)c1cc(OCc2ccc3ccccc3n2)ccc1OCCC(N)=O. The van der Waals surface area contributed by atoms with E-state index >= 15 is 0 Å². The average Bonchev–Trinajstić information content (AvgIpc) is 3.67. The van der Waals surface area contributed by atoms with Crippen LogP contribution in [0.4, 0.5) is 0 Å². The number of nitrogens with two attached hydrogens (primary N) is 1. The molecule has 0 saturated heterocycles. The Hall–Kier alpha value is -5.36. The Morgan fingerprint density at radius 2 is 1.90 bits per heavy atom. The van der Waals surface area contributed by atoms with Gasteiger partial charge >= 0.3 is 0 Å². The van der Waals surface area contributed by atoms with Crippen molar-refractivity contribution in [3.63, 3.8) is 0 Å². The number of carbonyl (C=O) groups excluding carboxylic acids is 1. The van der Waals surface area contributed by atoms with Crippen molar-refractivity contribution in [1.82, 2.24) is 30.6 Å². The number of nitrogens with one attached hydrogen (secondary N) is 1. The maximum Gasteiger partial charge on any atom is 0.269 e. The maximum absolute atomic E-state index is 11.3. The van der Waals surface area contributed by atoms with Crippen LogP contribution in [0.25, 0.3) is 33.7 Å². The summed E-state index contributed by atoms with van der Waals surface area (Å²) >= 11 is 0. The molecule has 0 radical (unpaired) electrons. The summed E-state index contributed by atoms with van der Waals surface area (Å²) in [6, 6.07) is 22.9. The van der Waals surface area contributed by atoms with Gasteiger partial charge in [0.15, 0.2) is 5.58 Å². The number of primary amides is 1. The highest BCUT2D eigenvalue weighted by Gasteiger charge is 2.22. The number of rotatable bonds is 11. The van der Waals surface area contributed by atoms with Crippen molar-refractivity contribution < 1.29 is 23.4 Å². The van der Waals surface area contributed by atoms with E-state index in [2.05, 4.69) is 30.6 Å². The number of hydrogen-bond donors (Lipinski definition) is 2. The third-order valence-corrected chi connectivity index (χ3v) is 6.40. The Kier molecular flexibility index (Phi) is 7.20. The third kappa shape index (κ3) is 5.68. The number of aromatic nitrogens is 6. The van der Waals surface area contributed by atoms with Gasteiger partial charge in [0.25, 0.3) is 11.7 Å². The number of tetrazole rings is 1. The lowest BCUT2D eigenvalue weighted by Gasteiger charge is -2.21. The molecule has 0 fully saturated rings. The lowest BCUT2D eigenvalue weighted by Crippen LogP contribution is -2.15. The van der Waals surface area contributed by atoms with Crippen molar-refractivity contribution in [2.75, 3.05) is 13.7 Å². The van der Waals surface area contributed by atoms with Crippen molar-refractivity contribution in [2.45, 2.75) is 19.1 Å². The predicted molar refractivity (Wildman–Crippen MR) is 148 cm³/mol. The van der Waals surface area contributed by atoms with Gasteiger partial charge < -0.3 is 24.4 Å². The first-order valence-electron chi connectivity index (χ1n) is 12.8. The van der Waals surface area contributed by atoms with Crippen molar-refractivity contribution in [1.29, 1.82) is 0 Å². The summed E-state index contributed by atoms with van der Waals surface area (Å²) in [4.78, 5) is 20.4. The molecule has 1 atom stereocenters. The molecule has 0 spiro atoms. The van der Waals surface area contributed by atoms with Gasteiger partial charge in [-0.2, -0.15) is 5.21 Å². The van der Waals surface area contributed by atoms with Crippen LogP contribution in [0, 0.1) is 0 Å². The predicted octanol–water partition coefficient (Wildman–Crippen LogP) is 4.13. The van der Waals surface area contributed by atoms with Gasteiger partial charge in [0.2, 0.25) is 5.91 Å². The molecule has 3 aromatic carbocycles. The minimum absolute atomic E-state index is 0.0753. The molecular formula is C29H25N7O5. The van der Waals surface area contributed by atoms with Gasteiger partial charge in [-0.3, -0.25) is 4.79 Å². The van der Waals surface area contributed by atoms with Gasteiger partial charge in [-0.25, -0.2) is 9.97 Å². The number of oxazole rings is 1. The number of H-pyrrole nitrogens is 1. The number of carbonyl (C=O) groups is 1. The first-order valence-corrected chi connectivity index (χ1v) is 12.8. The number of methoxy groups -OCH3 is 1. The fraction of sp³-hybridized carbons (Fsp3) is 0.172. The van der Waals surface area contributed by atoms with Crippen molar-refractivity contribution in [3.05, 3.63) is 89.6 Å². The van der Waals surface area contributed by atoms with Gasteiger partial charge in [-0.05, 0) is 53.2 Å². The van der Waals surface area contributed by atoms with E-state index in [1.165, 1.54) is 0 Å². The molecule has 0 saturated carbocycles. The Labute approximate surface area is 233 Å². The van der Waals surface area contributed by atoms with Crippen LogP contribution in [0.1, 0.15) is 29.3 Å². The molecule has 41 heavy (non-hydrogen) atoms. The van der Waals surface area contributed by atoms with Crippen LogP contribution >= 0.6 is 0 Å². The molecule has 0 bridgehead atoms. The number of ether oxygens (including phenoxy) is 3. The second kappa shape index (κ2) is 11.4. The van der Waals surface area contributed by atoms with E-state index < -0.39 is 12.0 Å². The second-order valence-corrected chi connectivity index (χ2v) is 9.15. The smallest absolute Gasteiger partial charge is 0.269 e. The number of fused-ring (bicyclic) bond motifs is 2. The Morgan fingerprint density at radius 1 is 1.00 bits per heavy atom. The van der Waals surface area contributed by atoms with E-state index in [0.717, 1.165) is 22.2 Å². The standard InChI is InChI=1S/C29H25N7O5/c1-38-27(18-7-10-23-25(14-18)41-29(32-23)28-33-35-36-34-28)21-15-20(9-11-24(21)39-13-12-26(30)37)40-16-19-8-6-17-4-2-3-5-22(17)31-19/h2-11,14-15,27H,12-13,16H2,1H3,(H2,30,37)(H,33,34,35,36). The van der Waals surface area contributed by atoms with Crippen LogP contribution in [0.5, 0.6) is 11.5 Å². The van der Waals surface area contributed by atoms with E-state index in [0.29, 0.717) is 28.2 Å². The first kappa shape index (κ1) is 25.9. The molecule has 12 heteroatoms. The van der Waals surface area contributed by atoms with Crippen LogP contribution in [0.2, 0.25) is 0 Å². The normalized spacial score (nSPS) is 12.0. The summed E-state index contributed by atoms with van der Waals surface area (Å²) in [5.74, 6) is 1.17. The number of aromatic amines is 1. The number of amides is 1. The molecule has 0 aliphatic rings. The molecule has 206 valence electrons. The lowest BCUT2D eigenvalue weighted by atomic mass is 9.99. The van der Waals surface area contributed by atoms with Crippen molar-refractivity contribution in [2.24, 2.45) is 5.73 Å². The number of hydrogen-bond acceptors (Lipinski definition) is 10. The fourth-order valence-electron chi connectivity index (χ4n) is 4.46. The van der Waals surface area contributed by atoms with Crippen molar-refractivity contribution in [3.8, 4) is 23.2 Å². The zero-order chi connectivity index (χ0) is 28.2. The van der Waals surface area contributed by atoms with E-state index in [4.69, 9.17) is 24.4 Å². The Bertz CT molecular complexity index is 1820. The summed E-state index contributed by atoms with van der Waals surface area (Å²) in [6.07, 6.45) is -0.490. The first-order chi connectivity index (χ1) is 20.1. The molecule has 6 rings (SSSR count). The van der Waals surface area contributed by atoms with E-state index in [9.17, 15) is 4.79 Å². The molecule has 12 nitrogen and oxygen atoms in total. The molecule has 1 amide bonds. The van der Waals surface area contributed by atoms with Gasteiger partial charge in [0.1, 0.15) is 29.7 Å². The number of nitrogens with zero attached hydrogens (tertiary/aromatic N) is 5. The van der Waals surface area contributed by atoms with Crippen LogP contribution in [0.3, 0.4) is 0 Å². The molecule has 1 unspecified atom stereocenters. The molecule has 0 aliphatic carbocycles. The fourth-order valence-corrected chi connectivity index (χ4v) is 4.46. The molecule has 3 heterocycles. The summed E-state index contributed by atoms with van der Waals surface area (Å²) in [5.41, 5.74) is 9.63. The topological polar surface area (TPSA) is 164 Å². The summed E-state index contributed by atoms with van der Waals surface area (Å²) in [6.45, 7) is 0.391. The van der Waals surface area contributed by atoms with E-state index in [-0.39, 0.29) is 31.3 Å². The Balaban J connectivity index is 1.30. The van der Waals surface area contributed by atoms with Crippen molar-refractivity contribution >= 4 is 27.9 Å². The molecule has 3 aromatic heterocycles. The number of para-hydroxylation sites is 1. The zero-order valence-electron chi connectivity index (χ0n) is 22.0. The minimum atomic E-state index is -0.566. The largest absolute Gasteiger partial charge is 0.493 e. The summed E-state index contributed by atoms with van der Waals surface area (Å²) in [7, 11) is 1.60. The lowest BCUT2D eigenvalue weighted by molar-refractivity contribution is -0.118. The van der Waals surface area contributed by atoms with Gasteiger partial charge in [-0.15, -0.1) is 10.2 Å². The maximum atomic E-state index is 11.3. The zero-order valence-corrected chi connectivity index (χ0v) is 22.0. The van der Waals surface area contributed by atoms with Crippen LogP contribution in [-0.4, -0.2) is 50.2 Å². The molecule has 6 aromatic rings. The number of pyridine rings is 1. The highest BCUT2D eigenvalue weighted by Crippen LogP contribution is 2.37. The van der Waals surface area contributed by atoms with Gasteiger partial charge in [-0.1, -0.05) is 30.3 Å².